The van der Waals surface area contributed by atoms with Crippen LogP contribution in [0.25, 0.3) is 0 Å². The fourth-order valence-electron chi connectivity index (χ4n) is 2.52. The molecule has 0 radical (unpaired) electrons. The molecule has 3 nitrogen and oxygen atoms in total. The van der Waals surface area contributed by atoms with E-state index in [1.165, 1.54) is 25.7 Å². The summed E-state index contributed by atoms with van der Waals surface area (Å²) in [5, 5.41) is 8.62. The molecule has 1 aliphatic rings. The molecule has 1 aliphatic carbocycles. The number of hydrogen-bond acceptors (Lipinski definition) is 2. The van der Waals surface area contributed by atoms with Gasteiger partial charge >= 0.3 is 5.97 Å². The van der Waals surface area contributed by atoms with Gasteiger partial charge in [0.2, 0.25) is 0 Å². The molecule has 0 atom stereocenters. The maximum Gasteiger partial charge on any atom is 0.303 e. The summed E-state index contributed by atoms with van der Waals surface area (Å²) in [4.78, 5) is 10.5. The van der Waals surface area contributed by atoms with Gasteiger partial charge < -0.3 is 9.52 Å². The van der Waals surface area contributed by atoms with Crippen LogP contribution in [-0.2, 0) is 11.2 Å². The van der Waals surface area contributed by atoms with Crippen LogP contribution in [0, 0.1) is 5.92 Å². The highest BCUT2D eigenvalue weighted by molar-refractivity contribution is 5.66. The van der Waals surface area contributed by atoms with Crippen molar-refractivity contribution in [3.05, 3.63) is 23.7 Å². The Kier molecular flexibility index (Phi) is 3.87. The predicted octanol–water partition coefficient (Wildman–Crippen LogP) is 3.59. The molecule has 0 aromatic carbocycles. The molecule has 3 heteroatoms. The number of furan rings is 1. The van der Waals surface area contributed by atoms with Crippen molar-refractivity contribution in [3.63, 3.8) is 0 Å². The van der Waals surface area contributed by atoms with E-state index in [9.17, 15) is 4.79 Å². The van der Waals surface area contributed by atoms with Crippen LogP contribution >= 0.6 is 0 Å². The van der Waals surface area contributed by atoms with Gasteiger partial charge in [-0.2, -0.15) is 0 Å². The van der Waals surface area contributed by atoms with E-state index in [2.05, 4.69) is 6.92 Å². The Morgan fingerprint density at radius 2 is 2.06 bits per heavy atom. The first-order valence-corrected chi connectivity index (χ1v) is 6.45. The Balaban J connectivity index is 1.91. The zero-order chi connectivity index (χ0) is 12.3. The van der Waals surface area contributed by atoms with Crippen molar-refractivity contribution in [3.8, 4) is 0 Å². The van der Waals surface area contributed by atoms with Gasteiger partial charge in [-0.3, -0.25) is 4.79 Å². The quantitative estimate of drug-likeness (QED) is 0.869. The molecule has 0 aliphatic heterocycles. The summed E-state index contributed by atoms with van der Waals surface area (Å²) in [6, 6.07) is 3.95. The topological polar surface area (TPSA) is 50.4 Å². The molecule has 1 aromatic heterocycles. The molecule has 2 rings (SSSR count). The second-order valence-electron chi connectivity index (χ2n) is 5.15. The highest BCUT2D eigenvalue weighted by Gasteiger charge is 2.22. The van der Waals surface area contributed by atoms with E-state index in [1.807, 2.05) is 12.1 Å². The van der Waals surface area contributed by atoms with Crippen LogP contribution < -0.4 is 0 Å². The van der Waals surface area contributed by atoms with Crippen LogP contribution in [-0.4, -0.2) is 11.1 Å². The van der Waals surface area contributed by atoms with Crippen LogP contribution in [0.2, 0.25) is 0 Å². The molecule has 1 aromatic rings. The van der Waals surface area contributed by atoms with Crippen molar-refractivity contribution in [2.45, 2.75) is 51.4 Å². The van der Waals surface area contributed by atoms with E-state index in [0.29, 0.717) is 12.3 Å². The van der Waals surface area contributed by atoms with Crippen LogP contribution in [0.3, 0.4) is 0 Å². The zero-order valence-corrected chi connectivity index (χ0v) is 10.3. The van der Waals surface area contributed by atoms with E-state index in [4.69, 9.17) is 9.52 Å². The van der Waals surface area contributed by atoms with Crippen molar-refractivity contribution < 1.29 is 14.3 Å². The summed E-state index contributed by atoms with van der Waals surface area (Å²) < 4.78 is 5.75. The van der Waals surface area contributed by atoms with Crippen molar-refractivity contribution in [2.24, 2.45) is 5.92 Å². The van der Waals surface area contributed by atoms with Crippen LogP contribution in [0.15, 0.2) is 16.5 Å². The first-order chi connectivity index (χ1) is 8.15. The van der Waals surface area contributed by atoms with E-state index in [-0.39, 0.29) is 6.42 Å². The molecular weight excluding hydrogens is 216 g/mol. The minimum atomic E-state index is -0.769. The maximum absolute atomic E-state index is 10.5. The number of carboxylic acids is 1. The Morgan fingerprint density at radius 1 is 1.35 bits per heavy atom. The number of aryl methyl sites for hydroxylation is 1. The number of rotatable bonds is 4. The number of hydrogen-bond donors (Lipinski definition) is 1. The maximum atomic E-state index is 10.5. The molecule has 0 spiro atoms. The normalized spacial score (nSPS) is 24.8. The highest BCUT2D eigenvalue weighted by atomic mass is 16.4. The minimum Gasteiger partial charge on any atom is -0.481 e. The SMILES string of the molecule is CC1CCC(c2ccc(CCC(=O)O)o2)CC1. The fraction of sp³-hybridized carbons (Fsp3) is 0.643. The summed E-state index contributed by atoms with van der Waals surface area (Å²) in [7, 11) is 0. The summed E-state index contributed by atoms with van der Waals surface area (Å²) >= 11 is 0. The van der Waals surface area contributed by atoms with Crippen molar-refractivity contribution in [1.82, 2.24) is 0 Å². The Labute approximate surface area is 102 Å². The Morgan fingerprint density at radius 3 is 2.71 bits per heavy atom. The van der Waals surface area contributed by atoms with Gasteiger partial charge in [-0.15, -0.1) is 0 Å². The molecule has 0 bridgehead atoms. The number of aliphatic carboxylic acids is 1. The monoisotopic (exact) mass is 236 g/mol. The number of carbonyl (C=O) groups is 1. The van der Waals surface area contributed by atoms with Gasteiger partial charge in [-0.05, 0) is 30.9 Å². The Bertz CT molecular complexity index is 373. The third-order valence-corrected chi connectivity index (χ3v) is 3.69. The first-order valence-electron chi connectivity index (χ1n) is 6.45. The lowest BCUT2D eigenvalue weighted by Gasteiger charge is -2.24. The molecule has 1 heterocycles. The molecule has 0 unspecified atom stereocenters. The van der Waals surface area contributed by atoms with E-state index >= 15 is 0 Å². The molecule has 1 N–H and O–H groups in total. The molecule has 0 saturated heterocycles. The number of carboxylic acid groups (broad SMARTS) is 1. The zero-order valence-electron chi connectivity index (χ0n) is 10.3. The van der Waals surface area contributed by atoms with Gasteiger partial charge in [-0.1, -0.05) is 19.8 Å². The standard InChI is InChI=1S/C14H20O3/c1-10-2-4-11(5-3-10)13-8-6-12(17-13)7-9-14(15)16/h6,8,10-11H,2-5,7,9H2,1H3,(H,15,16). The van der Waals surface area contributed by atoms with Crippen molar-refractivity contribution >= 4 is 5.97 Å². The fourth-order valence-corrected chi connectivity index (χ4v) is 2.52. The van der Waals surface area contributed by atoms with Crippen LogP contribution in [0.5, 0.6) is 0 Å². The van der Waals surface area contributed by atoms with E-state index in [0.717, 1.165) is 17.4 Å². The molecule has 1 saturated carbocycles. The smallest absolute Gasteiger partial charge is 0.303 e. The third kappa shape index (κ3) is 3.35. The third-order valence-electron chi connectivity index (χ3n) is 3.69. The van der Waals surface area contributed by atoms with Gasteiger partial charge in [0.1, 0.15) is 11.5 Å². The summed E-state index contributed by atoms with van der Waals surface area (Å²) in [6.45, 7) is 2.30. The molecule has 17 heavy (non-hydrogen) atoms. The van der Waals surface area contributed by atoms with E-state index < -0.39 is 5.97 Å². The van der Waals surface area contributed by atoms with Crippen molar-refractivity contribution in [2.75, 3.05) is 0 Å². The average Bonchev–Trinajstić information content (AvgIpc) is 2.76. The largest absolute Gasteiger partial charge is 0.481 e. The summed E-state index contributed by atoms with van der Waals surface area (Å²) in [5.41, 5.74) is 0. The van der Waals surface area contributed by atoms with Gasteiger partial charge in [0, 0.05) is 12.3 Å². The molecule has 0 amide bonds. The van der Waals surface area contributed by atoms with E-state index in [1.54, 1.807) is 0 Å². The molecule has 94 valence electrons. The van der Waals surface area contributed by atoms with Gasteiger partial charge in [0.25, 0.3) is 0 Å². The minimum absolute atomic E-state index is 0.147. The lowest BCUT2D eigenvalue weighted by atomic mass is 9.82. The average molecular weight is 236 g/mol. The summed E-state index contributed by atoms with van der Waals surface area (Å²) in [5.74, 6) is 2.48. The lowest BCUT2D eigenvalue weighted by Crippen LogP contribution is -2.10. The molecular formula is C14H20O3. The van der Waals surface area contributed by atoms with Crippen LogP contribution in [0.1, 0.15) is 56.5 Å². The highest BCUT2D eigenvalue weighted by Crippen LogP contribution is 2.36. The van der Waals surface area contributed by atoms with Gasteiger partial charge in [-0.25, -0.2) is 0 Å². The van der Waals surface area contributed by atoms with Gasteiger partial charge in [0.15, 0.2) is 0 Å². The van der Waals surface area contributed by atoms with Crippen LogP contribution in [0.4, 0.5) is 0 Å². The van der Waals surface area contributed by atoms with Gasteiger partial charge in [0.05, 0.1) is 6.42 Å². The van der Waals surface area contributed by atoms with Crippen molar-refractivity contribution in [1.29, 1.82) is 0 Å². The molecule has 1 fully saturated rings. The first kappa shape index (κ1) is 12.2. The second kappa shape index (κ2) is 5.39. The second-order valence-corrected chi connectivity index (χ2v) is 5.15. The lowest BCUT2D eigenvalue weighted by molar-refractivity contribution is -0.137. The predicted molar refractivity (Wildman–Crippen MR) is 65.0 cm³/mol. The summed E-state index contributed by atoms with van der Waals surface area (Å²) in [6.07, 6.45) is 5.60. The Hall–Kier alpha value is -1.25.